The van der Waals surface area contributed by atoms with Crippen molar-refractivity contribution >= 4 is 22.5 Å². The van der Waals surface area contributed by atoms with Crippen LogP contribution in [0.5, 0.6) is 0 Å². The number of likely N-dealkylation sites (tertiary alicyclic amines) is 1. The summed E-state index contributed by atoms with van der Waals surface area (Å²) in [6.07, 6.45) is 8.43. The van der Waals surface area contributed by atoms with Crippen LogP contribution in [0.15, 0.2) is 48.9 Å². The topological polar surface area (TPSA) is 31.9 Å². The second-order valence-corrected chi connectivity index (χ2v) is 6.30. The number of aromatic amines is 1. The van der Waals surface area contributed by atoms with Crippen molar-refractivity contribution in [3.8, 4) is 0 Å². The lowest BCUT2D eigenvalue weighted by molar-refractivity contribution is 0.282. The normalized spacial score (nSPS) is 17.1. The number of halogens is 1. The van der Waals surface area contributed by atoms with Gasteiger partial charge in [0.1, 0.15) is 0 Å². The maximum absolute atomic E-state index is 6.11. The highest BCUT2D eigenvalue weighted by atomic mass is 35.5. The molecular formula is C18H18ClN3. The van der Waals surface area contributed by atoms with Crippen molar-refractivity contribution in [1.29, 1.82) is 0 Å². The largest absolute Gasteiger partial charge is 0.361 e. The Bertz CT molecular complexity index is 775. The smallest absolute Gasteiger partial charge is 0.0624 e. The summed E-state index contributed by atoms with van der Waals surface area (Å²) in [5, 5.41) is 2.01. The van der Waals surface area contributed by atoms with Gasteiger partial charge in [0.2, 0.25) is 0 Å². The van der Waals surface area contributed by atoms with Gasteiger partial charge < -0.3 is 4.98 Å². The van der Waals surface area contributed by atoms with Gasteiger partial charge in [-0.3, -0.25) is 9.88 Å². The van der Waals surface area contributed by atoms with Crippen molar-refractivity contribution in [1.82, 2.24) is 14.9 Å². The number of H-pyrrole nitrogens is 1. The second kappa shape index (κ2) is 5.75. The highest BCUT2D eigenvalue weighted by Crippen LogP contribution is 2.36. The van der Waals surface area contributed by atoms with Crippen molar-refractivity contribution in [2.75, 3.05) is 13.1 Å². The molecule has 4 heteroatoms. The van der Waals surface area contributed by atoms with E-state index in [0.29, 0.717) is 0 Å². The zero-order chi connectivity index (χ0) is 14.9. The van der Waals surface area contributed by atoms with E-state index in [-0.39, 0.29) is 6.04 Å². The van der Waals surface area contributed by atoms with E-state index in [4.69, 9.17) is 11.6 Å². The number of benzene rings is 1. The van der Waals surface area contributed by atoms with E-state index in [1.165, 1.54) is 29.4 Å². The zero-order valence-corrected chi connectivity index (χ0v) is 13.1. The Morgan fingerprint density at radius 2 is 1.86 bits per heavy atom. The Kier molecular flexibility index (Phi) is 3.60. The van der Waals surface area contributed by atoms with Gasteiger partial charge in [-0.25, -0.2) is 0 Å². The predicted octanol–water partition coefficient (Wildman–Crippen LogP) is 4.40. The van der Waals surface area contributed by atoms with Gasteiger partial charge in [-0.2, -0.15) is 0 Å². The molecule has 0 radical (unpaired) electrons. The molecule has 1 atom stereocenters. The molecule has 1 fully saturated rings. The Labute approximate surface area is 134 Å². The molecule has 3 aromatic rings. The fraction of sp³-hybridized carbons (Fsp3) is 0.278. The van der Waals surface area contributed by atoms with Crippen molar-refractivity contribution in [2.24, 2.45) is 0 Å². The third-order valence-corrected chi connectivity index (χ3v) is 4.73. The van der Waals surface area contributed by atoms with Gasteiger partial charge in [0, 0.05) is 34.5 Å². The first-order chi connectivity index (χ1) is 10.8. The SMILES string of the molecule is Clc1ccc2c(C(c3ccncc3)N3CCCC3)c[nH]c2c1. The standard InChI is InChI=1S/C18H18ClN3/c19-14-3-4-15-16(12-21-17(15)11-14)18(22-9-1-2-10-22)13-5-7-20-8-6-13/h3-8,11-12,18,21H,1-2,9-10H2. The van der Waals surface area contributed by atoms with E-state index < -0.39 is 0 Å². The molecular weight excluding hydrogens is 294 g/mol. The van der Waals surface area contributed by atoms with Crippen molar-refractivity contribution in [2.45, 2.75) is 18.9 Å². The van der Waals surface area contributed by atoms with E-state index in [2.05, 4.69) is 39.3 Å². The third-order valence-electron chi connectivity index (χ3n) is 4.50. The molecule has 1 N–H and O–H groups in total. The summed E-state index contributed by atoms with van der Waals surface area (Å²) in [5.74, 6) is 0. The van der Waals surface area contributed by atoms with E-state index in [1.54, 1.807) is 0 Å². The van der Waals surface area contributed by atoms with Crippen LogP contribution < -0.4 is 0 Å². The number of fused-ring (bicyclic) bond motifs is 1. The number of nitrogens with one attached hydrogen (secondary N) is 1. The molecule has 1 saturated heterocycles. The lowest BCUT2D eigenvalue weighted by Gasteiger charge is -2.27. The van der Waals surface area contributed by atoms with Crippen molar-refractivity contribution < 1.29 is 0 Å². The number of hydrogen-bond donors (Lipinski definition) is 1. The monoisotopic (exact) mass is 311 g/mol. The van der Waals surface area contributed by atoms with Crippen LogP contribution in [0.2, 0.25) is 5.02 Å². The minimum Gasteiger partial charge on any atom is -0.361 e. The summed E-state index contributed by atoms with van der Waals surface area (Å²) in [6.45, 7) is 2.29. The van der Waals surface area contributed by atoms with E-state index in [9.17, 15) is 0 Å². The molecule has 0 saturated carbocycles. The predicted molar refractivity (Wildman–Crippen MR) is 90.2 cm³/mol. The summed E-state index contributed by atoms with van der Waals surface area (Å²) in [7, 11) is 0. The average molecular weight is 312 g/mol. The van der Waals surface area contributed by atoms with Gasteiger partial charge in [0.15, 0.2) is 0 Å². The fourth-order valence-electron chi connectivity index (χ4n) is 3.48. The molecule has 1 aliphatic rings. The van der Waals surface area contributed by atoms with Crippen LogP contribution in [0.25, 0.3) is 10.9 Å². The first-order valence-corrected chi connectivity index (χ1v) is 8.11. The summed E-state index contributed by atoms with van der Waals surface area (Å²) in [5.41, 5.74) is 3.72. The summed E-state index contributed by atoms with van der Waals surface area (Å²) in [6, 6.07) is 10.6. The molecule has 0 bridgehead atoms. The van der Waals surface area contributed by atoms with Gasteiger partial charge in [0.05, 0.1) is 6.04 Å². The molecule has 3 nitrogen and oxygen atoms in total. The Hall–Kier alpha value is -1.84. The van der Waals surface area contributed by atoms with E-state index >= 15 is 0 Å². The molecule has 112 valence electrons. The van der Waals surface area contributed by atoms with Crippen LogP contribution >= 0.6 is 11.6 Å². The summed E-state index contributed by atoms with van der Waals surface area (Å²) < 4.78 is 0. The highest BCUT2D eigenvalue weighted by Gasteiger charge is 2.27. The van der Waals surface area contributed by atoms with Gasteiger partial charge in [0.25, 0.3) is 0 Å². The Morgan fingerprint density at radius 1 is 1.09 bits per heavy atom. The minimum atomic E-state index is 0.278. The first-order valence-electron chi connectivity index (χ1n) is 7.73. The maximum Gasteiger partial charge on any atom is 0.0624 e. The lowest BCUT2D eigenvalue weighted by atomic mass is 9.97. The van der Waals surface area contributed by atoms with Crippen molar-refractivity contribution in [3.05, 3.63) is 65.1 Å². The summed E-state index contributed by atoms with van der Waals surface area (Å²) in [4.78, 5) is 10.1. The number of aromatic nitrogens is 2. The summed E-state index contributed by atoms with van der Waals surface area (Å²) >= 11 is 6.11. The van der Waals surface area contributed by atoms with Crippen LogP contribution in [0.4, 0.5) is 0 Å². The van der Waals surface area contributed by atoms with Crippen LogP contribution in [0.3, 0.4) is 0 Å². The van der Waals surface area contributed by atoms with Crippen molar-refractivity contribution in [3.63, 3.8) is 0 Å². The van der Waals surface area contributed by atoms with E-state index in [1.807, 2.05) is 24.5 Å². The molecule has 22 heavy (non-hydrogen) atoms. The molecule has 3 heterocycles. The molecule has 1 aromatic carbocycles. The zero-order valence-electron chi connectivity index (χ0n) is 12.3. The maximum atomic E-state index is 6.11. The Morgan fingerprint density at radius 3 is 2.64 bits per heavy atom. The second-order valence-electron chi connectivity index (χ2n) is 5.86. The molecule has 0 aliphatic carbocycles. The quantitative estimate of drug-likeness (QED) is 0.777. The number of pyridine rings is 1. The number of nitrogens with zero attached hydrogens (tertiary/aromatic N) is 2. The molecule has 1 unspecified atom stereocenters. The number of hydrogen-bond acceptors (Lipinski definition) is 2. The molecule has 0 spiro atoms. The van der Waals surface area contributed by atoms with Gasteiger partial charge in [-0.05, 0) is 61.3 Å². The first kappa shape index (κ1) is 13.8. The van der Waals surface area contributed by atoms with Gasteiger partial charge in [-0.15, -0.1) is 0 Å². The average Bonchev–Trinajstić information content (AvgIpc) is 3.19. The van der Waals surface area contributed by atoms with Crippen LogP contribution in [-0.4, -0.2) is 28.0 Å². The third kappa shape index (κ3) is 2.40. The molecule has 0 amide bonds. The van der Waals surface area contributed by atoms with Gasteiger partial charge >= 0.3 is 0 Å². The minimum absolute atomic E-state index is 0.278. The lowest BCUT2D eigenvalue weighted by Crippen LogP contribution is -2.26. The van der Waals surface area contributed by atoms with E-state index in [0.717, 1.165) is 23.6 Å². The Balaban J connectivity index is 1.85. The molecule has 1 aliphatic heterocycles. The fourth-order valence-corrected chi connectivity index (χ4v) is 3.65. The van der Waals surface area contributed by atoms with Crippen LogP contribution in [0.1, 0.15) is 30.0 Å². The number of rotatable bonds is 3. The van der Waals surface area contributed by atoms with Gasteiger partial charge in [-0.1, -0.05) is 17.7 Å². The molecule has 4 rings (SSSR count). The van der Waals surface area contributed by atoms with Crippen LogP contribution in [-0.2, 0) is 0 Å². The molecule has 2 aromatic heterocycles. The van der Waals surface area contributed by atoms with Crippen LogP contribution in [0, 0.1) is 0 Å². The highest BCUT2D eigenvalue weighted by molar-refractivity contribution is 6.31.